The van der Waals surface area contributed by atoms with Crippen LogP contribution in [0.25, 0.3) is 10.4 Å². The maximum atomic E-state index is 5.00. The third kappa shape index (κ3) is 1.47. The topological polar surface area (TPSA) is 15.8 Å². The van der Waals surface area contributed by atoms with Gasteiger partial charge in [-0.25, -0.2) is 0 Å². The Balaban J connectivity index is 2.51. The smallest absolute Gasteiger partial charge is 0.158 e. The summed E-state index contributed by atoms with van der Waals surface area (Å²) in [5, 5.41) is 0. The van der Waals surface area contributed by atoms with Crippen LogP contribution in [0.2, 0.25) is 0 Å². The van der Waals surface area contributed by atoms with Gasteiger partial charge >= 0.3 is 0 Å². The molecule has 12 heavy (non-hydrogen) atoms. The number of H-pyrrole nitrogens is 1. The molecule has 1 aromatic carbocycles. The van der Waals surface area contributed by atoms with E-state index in [1.165, 1.54) is 10.4 Å². The third-order valence-corrected chi connectivity index (χ3v) is 2.83. The highest BCUT2D eigenvalue weighted by Crippen LogP contribution is 2.23. The lowest BCUT2D eigenvalue weighted by Gasteiger charge is -1.92. The zero-order valence-electron chi connectivity index (χ0n) is 6.28. The minimum absolute atomic E-state index is 0.828. The van der Waals surface area contributed by atoms with Gasteiger partial charge in [0.2, 0.25) is 0 Å². The molecule has 60 valence electrons. The molecule has 1 N–H and O–H groups in total. The highest BCUT2D eigenvalue weighted by Gasteiger charge is 1.96. The van der Waals surface area contributed by atoms with Crippen LogP contribution in [-0.2, 0) is 0 Å². The molecule has 2 aromatic rings. The Morgan fingerprint density at radius 1 is 1.17 bits per heavy atom. The molecule has 0 saturated carbocycles. The van der Waals surface area contributed by atoms with Crippen LogP contribution in [0.1, 0.15) is 0 Å². The lowest BCUT2D eigenvalue weighted by atomic mass is 10.2. The molecule has 1 aromatic heterocycles. The molecule has 0 bridgehead atoms. The van der Waals surface area contributed by atoms with Crippen LogP contribution in [0.15, 0.2) is 36.5 Å². The second-order valence-corrected chi connectivity index (χ2v) is 4.13. The standard InChI is InChI=1S/C9H7NS2/c11-9-10-6-8(12-9)7-4-2-1-3-5-7/h1-6H,(H,10,11). The summed E-state index contributed by atoms with van der Waals surface area (Å²) in [6.07, 6.45) is 1.95. The molecule has 0 aliphatic heterocycles. The SMILES string of the molecule is S=c1[nH]cc(-c2ccccc2)s1. The number of thiazole rings is 1. The Labute approximate surface area is 79.7 Å². The number of benzene rings is 1. The van der Waals surface area contributed by atoms with E-state index in [0.29, 0.717) is 0 Å². The first-order chi connectivity index (χ1) is 5.86. The third-order valence-electron chi connectivity index (χ3n) is 1.58. The minimum Gasteiger partial charge on any atom is -0.343 e. The number of aromatic nitrogens is 1. The van der Waals surface area contributed by atoms with Crippen molar-refractivity contribution in [3.63, 3.8) is 0 Å². The molecule has 1 heterocycles. The summed E-state index contributed by atoms with van der Waals surface area (Å²) in [4.78, 5) is 4.20. The van der Waals surface area contributed by atoms with Gasteiger partial charge in [0.25, 0.3) is 0 Å². The fourth-order valence-corrected chi connectivity index (χ4v) is 2.05. The number of nitrogens with one attached hydrogen (secondary N) is 1. The molecular weight excluding hydrogens is 186 g/mol. The van der Waals surface area contributed by atoms with E-state index in [4.69, 9.17) is 12.2 Å². The monoisotopic (exact) mass is 193 g/mol. The molecule has 0 aliphatic carbocycles. The summed E-state index contributed by atoms with van der Waals surface area (Å²) >= 11 is 6.60. The molecule has 0 aliphatic rings. The summed E-state index contributed by atoms with van der Waals surface area (Å²) < 4.78 is 0.828. The summed E-state index contributed by atoms with van der Waals surface area (Å²) in [6, 6.07) is 10.2. The molecular formula is C9H7NS2. The minimum atomic E-state index is 0.828. The van der Waals surface area contributed by atoms with E-state index in [1.807, 2.05) is 24.4 Å². The predicted molar refractivity (Wildman–Crippen MR) is 54.9 cm³/mol. The van der Waals surface area contributed by atoms with Gasteiger partial charge in [-0.3, -0.25) is 0 Å². The lowest BCUT2D eigenvalue weighted by molar-refractivity contribution is 1.40. The average Bonchev–Trinajstić information content (AvgIpc) is 2.54. The largest absolute Gasteiger partial charge is 0.343 e. The van der Waals surface area contributed by atoms with Crippen LogP contribution in [-0.4, -0.2) is 4.98 Å². The van der Waals surface area contributed by atoms with Gasteiger partial charge in [0.05, 0.1) is 4.88 Å². The van der Waals surface area contributed by atoms with Crippen molar-refractivity contribution in [2.75, 3.05) is 0 Å². The Hall–Kier alpha value is -0.930. The van der Waals surface area contributed by atoms with E-state index in [9.17, 15) is 0 Å². The highest BCUT2D eigenvalue weighted by molar-refractivity contribution is 7.73. The van der Waals surface area contributed by atoms with Crippen molar-refractivity contribution in [1.82, 2.24) is 4.98 Å². The second kappa shape index (κ2) is 3.21. The van der Waals surface area contributed by atoms with E-state index in [-0.39, 0.29) is 0 Å². The lowest BCUT2D eigenvalue weighted by Crippen LogP contribution is -1.67. The van der Waals surface area contributed by atoms with Crippen molar-refractivity contribution < 1.29 is 0 Å². The van der Waals surface area contributed by atoms with Crippen molar-refractivity contribution in [2.24, 2.45) is 0 Å². The summed E-state index contributed by atoms with van der Waals surface area (Å²) in [5.74, 6) is 0. The summed E-state index contributed by atoms with van der Waals surface area (Å²) in [7, 11) is 0. The van der Waals surface area contributed by atoms with Gasteiger partial charge in [0, 0.05) is 6.20 Å². The number of rotatable bonds is 1. The van der Waals surface area contributed by atoms with E-state index in [0.717, 1.165) is 3.95 Å². The molecule has 0 amide bonds. The Bertz CT molecular complexity index is 413. The van der Waals surface area contributed by atoms with Crippen LogP contribution in [0, 0.1) is 3.95 Å². The van der Waals surface area contributed by atoms with Crippen molar-refractivity contribution in [2.45, 2.75) is 0 Å². The molecule has 0 radical (unpaired) electrons. The first kappa shape index (κ1) is 7.71. The first-order valence-corrected chi connectivity index (χ1v) is 4.83. The predicted octanol–water partition coefficient (Wildman–Crippen LogP) is 3.47. The van der Waals surface area contributed by atoms with E-state index >= 15 is 0 Å². The Morgan fingerprint density at radius 2 is 1.92 bits per heavy atom. The summed E-state index contributed by atoms with van der Waals surface area (Å²) in [6.45, 7) is 0. The molecule has 0 unspecified atom stereocenters. The van der Waals surface area contributed by atoms with Gasteiger partial charge < -0.3 is 4.98 Å². The molecule has 2 rings (SSSR count). The zero-order valence-corrected chi connectivity index (χ0v) is 7.91. The van der Waals surface area contributed by atoms with Crippen molar-refractivity contribution in [1.29, 1.82) is 0 Å². The Morgan fingerprint density at radius 3 is 2.50 bits per heavy atom. The number of hydrogen-bond donors (Lipinski definition) is 1. The van der Waals surface area contributed by atoms with Crippen LogP contribution < -0.4 is 0 Å². The van der Waals surface area contributed by atoms with Gasteiger partial charge in [0.1, 0.15) is 0 Å². The Kier molecular flexibility index (Phi) is 2.06. The molecule has 0 fully saturated rings. The maximum absolute atomic E-state index is 5.00. The average molecular weight is 193 g/mol. The van der Waals surface area contributed by atoms with Gasteiger partial charge in [-0.2, -0.15) is 0 Å². The van der Waals surface area contributed by atoms with Gasteiger partial charge in [-0.05, 0) is 17.8 Å². The molecule has 3 heteroatoms. The van der Waals surface area contributed by atoms with Gasteiger partial charge in [0.15, 0.2) is 3.95 Å². The van der Waals surface area contributed by atoms with Crippen LogP contribution in [0.5, 0.6) is 0 Å². The van der Waals surface area contributed by atoms with Crippen molar-refractivity contribution in [3.05, 3.63) is 40.5 Å². The maximum Gasteiger partial charge on any atom is 0.158 e. The number of hydrogen-bond acceptors (Lipinski definition) is 2. The normalized spacial score (nSPS) is 10.0. The molecule has 0 saturated heterocycles. The van der Waals surface area contributed by atoms with E-state index in [2.05, 4.69) is 17.1 Å². The van der Waals surface area contributed by atoms with Crippen molar-refractivity contribution >= 4 is 23.6 Å². The number of aromatic amines is 1. The fourth-order valence-electron chi connectivity index (χ4n) is 1.03. The first-order valence-electron chi connectivity index (χ1n) is 3.60. The quantitative estimate of drug-likeness (QED) is 0.686. The second-order valence-electron chi connectivity index (χ2n) is 2.41. The zero-order chi connectivity index (χ0) is 8.39. The molecule has 0 atom stereocenters. The van der Waals surface area contributed by atoms with Gasteiger partial charge in [-0.1, -0.05) is 30.3 Å². The fraction of sp³-hybridized carbons (Fsp3) is 0. The van der Waals surface area contributed by atoms with Crippen LogP contribution in [0.4, 0.5) is 0 Å². The van der Waals surface area contributed by atoms with Crippen molar-refractivity contribution in [3.8, 4) is 10.4 Å². The summed E-state index contributed by atoms with van der Waals surface area (Å²) in [5.41, 5.74) is 1.22. The van der Waals surface area contributed by atoms with Crippen LogP contribution in [0.3, 0.4) is 0 Å². The van der Waals surface area contributed by atoms with E-state index < -0.39 is 0 Å². The highest BCUT2D eigenvalue weighted by atomic mass is 32.1. The van der Waals surface area contributed by atoms with Gasteiger partial charge in [-0.15, -0.1) is 11.3 Å². The molecule has 1 nitrogen and oxygen atoms in total. The molecule has 0 spiro atoms. The van der Waals surface area contributed by atoms with E-state index in [1.54, 1.807) is 11.3 Å². The van der Waals surface area contributed by atoms with Crippen LogP contribution >= 0.6 is 23.6 Å².